The van der Waals surface area contributed by atoms with Crippen LogP contribution in [0.15, 0.2) is 18.2 Å². The maximum atomic E-state index is 14.0. The Balaban J connectivity index is 2.20. The number of hydrogen-bond acceptors (Lipinski definition) is 3. The third kappa shape index (κ3) is 3.34. The summed E-state index contributed by atoms with van der Waals surface area (Å²) in [5.74, 6) is -0.679. The SMILES string of the molecule is NCc1cccc(CS(=O)(=O)C2CCCCC2)c1F. The lowest BCUT2D eigenvalue weighted by Crippen LogP contribution is -2.25. The van der Waals surface area contributed by atoms with E-state index < -0.39 is 15.7 Å². The van der Waals surface area contributed by atoms with Crippen molar-refractivity contribution >= 4 is 9.84 Å². The maximum Gasteiger partial charge on any atom is 0.157 e. The lowest BCUT2D eigenvalue weighted by Gasteiger charge is -2.22. The van der Waals surface area contributed by atoms with Crippen molar-refractivity contribution in [1.82, 2.24) is 0 Å². The van der Waals surface area contributed by atoms with Crippen molar-refractivity contribution in [3.63, 3.8) is 0 Å². The molecule has 0 atom stereocenters. The molecule has 3 nitrogen and oxygen atoms in total. The van der Waals surface area contributed by atoms with Gasteiger partial charge in [-0.1, -0.05) is 37.5 Å². The van der Waals surface area contributed by atoms with Crippen molar-refractivity contribution in [1.29, 1.82) is 0 Å². The minimum atomic E-state index is -3.26. The van der Waals surface area contributed by atoms with Gasteiger partial charge in [-0.05, 0) is 12.8 Å². The van der Waals surface area contributed by atoms with Crippen LogP contribution in [0.4, 0.5) is 4.39 Å². The fraction of sp³-hybridized carbons (Fsp3) is 0.571. The highest BCUT2D eigenvalue weighted by Crippen LogP contribution is 2.27. The summed E-state index contributed by atoms with van der Waals surface area (Å²) in [4.78, 5) is 0. The molecule has 106 valence electrons. The predicted octanol–water partition coefficient (Wildman–Crippen LogP) is 2.53. The van der Waals surface area contributed by atoms with Gasteiger partial charge in [0.25, 0.3) is 0 Å². The summed E-state index contributed by atoms with van der Waals surface area (Å²) in [5, 5.41) is -0.304. The molecule has 2 rings (SSSR count). The first-order valence-corrected chi connectivity index (χ1v) is 8.44. The van der Waals surface area contributed by atoms with E-state index in [2.05, 4.69) is 0 Å². The summed E-state index contributed by atoms with van der Waals surface area (Å²) in [6.45, 7) is 0.0865. The molecule has 19 heavy (non-hydrogen) atoms. The molecule has 1 saturated carbocycles. The van der Waals surface area contributed by atoms with Crippen LogP contribution in [0.5, 0.6) is 0 Å². The van der Waals surface area contributed by atoms with Gasteiger partial charge < -0.3 is 5.73 Å². The highest BCUT2D eigenvalue weighted by atomic mass is 32.2. The van der Waals surface area contributed by atoms with Gasteiger partial charge in [-0.15, -0.1) is 0 Å². The van der Waals surface area contributed by atoms with Crippen LogP contribution in [-0.2, 0) is 22.1 Å². The first-order valence-electron chi connectivity index (χ1n) is 6.72. The minimum Gasteiger partial charge on any atom is -0.326 e. The highest BCUT2D eigenvalue weighted by Gasteiger charge is 2.28. The van der Waals surface area contributed by atoms with Gasteiger partial charge in [-0.3, -0.25) is 0 Å². The van der Waals surface area contributed by atoms with Gasteiger partial charge in [0.05, 0.1) is 11.0 Å². The standard InChI is InChI=1S/C14H20FNO2S/c15-14-11(9-16)5-4-6-12(14)10-19(17,18)13-7-2-1-3-8-13/h4-6,13H,1-3,7-10,16H2. The molecule has 0 unspecified atom stereocenters. The molecule has 0 aromatic heterocycles. The van der Waals surface area contributed by atoms with Gasteiger partial charge in [-0.2, -0.15) is 0 Å². The monoisotopic (exact) mass is 285 g/mol. The molecule has 0 heterocycles. The van der Waals surface area contributed by atoms with Crippen molar-refractivity contribution in [2.75, 3.05) is 0 Å². The summed E-state index contributed by atoms with van der Waals surface area (Å²) < 4.78 is 38.6. The number of sulfone groups is 1. The van der Waals surface area contributed by atoms with E-state index in [1.807, 2.05) is 0 Å². The van der Waals surface area contributed by atoms with Crippen LogP contribution in [0.2, 0.25) is 0 Å². The van der Waals surface area contributed by atoms with Gasteiger partial charge in [0.1, 0.15) is 5.82 Å². The average Bonchev–Trinajstić information content (AvgIpc) is 2.42. The second-order valence-corrected chi connectivity index (χ2v) is 7.44. The summed E-state index contributed by atoms with van der Waals surface area (Å²) >= 11 is 0. The summed E-state index contributed by atoms with van der Waals surface area (Å²) in [6, 6.07) is 4.79. The third-order valence-corrected chi connectivity index (χ3v) is 6.00. The number of halogens is 1. The van der Waals surface area contributed by atoms with Crippen LogP contribution in [0, 0.1) is 5.82 Å². The van der Waals surface area contributed by atoms with E-state index in [1.54, 1.807) is 12.1 Å². The normalized spacial score (nSPS) is 17.6. The minimum absolute atomic E-state index is 0.0865. The zero-order valence-corrected chi connectivity index (χ0v) is 11.8. The molecular formula is C14H20FNO2S. The topological polar surface area (TPSA) is 60.2 Å². The van der Waals surface area contributed by atoms with Crippen molar-refractivity contribution in [2.45, 2.75) is 49.7 Å². The fourth-order valence-electron chi connectivity index (χ4n) is 2.66. The molecule has 1 fully saturated rings. The van der Waals surface area contributed by atoms with Crippen LogP contribution >= 0.6 is 0 Å². The molecule has 1 aliphatic rings. The predicted molar refractivity (Wildman–Crippen MR) is 73.8 cm³/mol. The van der Waals surface area contributed by atoms with E-state index in [-0.39, 0.29) is 23.1 Å². The van der Waals surface area contributed by atoms with E-state index in [0.29, 0.717) is 18.4 Å². The van der Waals surface area contributed by atoms with Crippen LogP contribution in [0.1, 0.15) is 43.2 Å². The third-order valence-electron chi connectivity index (χ3n) is 3.80. The summed E-state index contributed by atoms with van der Waals surface area (Å²) in [7, 11) is -3.26. The number of nitrogens with two attached hydrogens (primary N) is 1. The molecule has 1 aromatic carbocycles. The highest BCUT2D eigenvalue weighted by molar-refractivity contribution is 7.91. The Morgan fingerprint density at radius 1 is 1.16 bits per heavy atom. The second-order valence-electron chi connectivity index (χ2n) is 5.16. The molecule has 0 radical (unpaired) electrons. The van der Waals surface area contributed by atoms with Gasteiger partial charge in [0.2, 0.25) is 0 Å². The lowest BCUT2D eigenvalue weighted by atomic mass is 10.0. The molecule has 0 bridgehead atoms. The Hall–Kier alpha value is -0.940. The van der Waals surface area contributed by atoms with Gasteiger partial charge in [-0.25, -0.2) is 12.8 Å². The Bertz CT molecular complexity index is 536. The van der Waals surface area contributed by atoms with Gasteiger partial charge in [0.15, 0.2) is 9.84 Å². The smallest absolute Gasteiger partial charge is 0.157 e. The average molecular weight is 285 g/mol. The van der Waals surface area contributed by atoms with Crippen molar-refractivity contribution < 1.29 is 12.8 Å². The van der Waals surface area contributed by atoms with Crippen molar-refractivity contribution in [2.24, 2.45) is 5.73 Å². The van der Waals surface area contributed by atoms with E-state index >= 15 is 0 Å². The van der Waals surface area contributed by atoms with Crippen molar-refractivity contribution in [3.05, 3.63) is 35.1 Å². The Morgan fingerprint density at radius 3 is 2.42 bits per heavy atom. The Morgan fingerprint density at radius 2 is 1.79 bits per heavy atom. The summed E-state index contributed by atoms with van der Waals surface area (Å²) in [6.07, 6.45) is 4.43. The van der Waals surface area contributed by atoms with Gasteiger partial charge in [0, 0.05) is 17.7 Å². The number of rotatable bonds is 4. The van der Waals surface area contributed by atoms with Crippen molar-refractivity contribution in [3.8, 4) is 0 Å². The van der Waals surface area contributed by atoms with E-state index in [0.717, 1.165) is 19.3 Å². The first-order chi connectivity index (χ1) is 9.04. The quantitative estimate of drug-likeness (QED) is 0.924. The fourth-order valence-corrected chi connectivity index (χ4v) is 4.60. The van der Waals surface area contributed by atoms with Gasteiger partial charge >= 0.3 is 0 Å². The Kier molecular flexibility index (Phi) is 4.58. The van der Waals surface area contributed by atoms with Crippen LogP contribution in [0.3, 0.4) is 0 Å². The molecule has 1 aromatic rings. The molecule has 0 spiro atoms. The van der Waals surface area contributed by atoms with E-state index in [9.17, 15) is 12.8 Å². The molecule has 5 heteroatoms. The van der Waals surface area contributed by atoms with Crippen LogP contribution in [0.25, 0.3) is 0 Å². The lowest BCUT2D eigenvalue weighted by molar-refractivity contribution is 0.482. The molecule has 0 saturated heterocycles. The Labute approximate surface area is 113 Å². The molecule has 2 N–H and O–H groups in total. The molecule has 1 aliphatic carbocycles. The maximum absolute atomic E-state index is 14.0. The molecular weight excluding hydrogens is 265 g/mol. The van der Waals surface area contributed by atoms with Crippen LogP contribution in [-0.4, -0.2) is 13.7 Å². The number of benzene rings is 1. The zero-order valence-electron chi connectivity index (χ0n) is 10.9. The van der Waals surface area contributed by atoms with E-state index in [1.165, 1.54) is 6.07 Å². The van der Waals surface area contributed by atoms with E-state index in [4.69, 9.17) is 5.73 Å². The number of hydrogen-bond donors (Lipinski definition) is 1. The second kappa shape index (κ2) is 6.01. The zero-order chi connectivity index (χ0) is 13.9. The summed E-state index contributed by atoms with van der Waals surface area (Å²) in [5.41, 5.74) is 6.05. The largest absolute Gasteiger partial charge is 0.326 e. The van der Waals surface area contributed by atoms with Crippen LogP contribution < -0.4 is 5.73 Å². The molecule has 0 aliphatic heterocycles. The molecule has 0 amide bonds. The first kappa shape index (κ1) is 14.5.